The van der Waals surface area contributed by atoms with Crippen LogP contribution in [0.5, 0.6) is 0 Å². The zero-order valence-electron chi connectivity index (χ0n) is 10.0. The van der Waals surface area contributed by atoms with Gasteiger partial charge in [0.1, 0.15) is 17.3 Å². The molecule has 0 atom stereocenters. The number of nitrogens with zero attached hydrogens (tertiary/aromatic N) is 3. The SMILES string of the molecule is Nc1cccc(-c2nc(-c3ccc(F)cc3Br)no2)n1. The van der Waals surface area contributed by atoms with Gasteiger partial charge in [0.25, 0.3) is 5.89 Å². The number of pyridine rings is 1. The average molecular weight is 335 g/mol. The average Bonchev–Trinajstić information content (AvgIpc) is 2.88. The number of rotatable bonds is 2. The van der Waals surface area contributed by atoms with E-state index < -0.39 is 0 Å². The van der Waals surface area contributed by atoms with Gasteiger partial charge in [-0.05, 0) is 46.3 Å². The van der Waals surface area contributed by atoms with Crippen molar-refractivity contribution < 1.29 is 8.91 Å². The Morgan fingerprint density at radius 2 is 2.00 bits per heavy atom. The minimum atomic E-state index is -0.346. The highest BCUT2D eigenvalue weighted by Gasteiger charge is 2.14. The van der Waals surface area contributed by atoms with Crippen LogP contribution in [0.25, 0.3) is 23.0 Å². The van der Waals surface area contributed by atoms with Crippen LogP contribution < -0.4 is 5.73 Å². The molecule has 5 nitrogen and oxygen atoms in total. The molecule has 20 heavy (non-hydrogen) atoms. The molecule has 2 N–H and O–H groups in total. The van der Waals surface area contributed by atoms with Crippen molar-refractivity contribution in [1.29, 1.82) is 0 Å². The number of aromatic nitrogens is 3. The van der Waals surface area contributed by atoms with Crippen molar-refractivity contribution >= 4 is 21.7 Å². The molecule has 0 aliphatic heterocycles. The van der Waals surface area contributed by atoms with Gasteiger partial charge in [0.15, 0.2) is 0 Å². The maximum absolute atomic E-state index is 13.1. The molecule has 0 spiro atoms. The Morgan fingerprint density at radius 1 is 1.15 bits per heavy atom. The van der Waals surface area contributed by atoms with Gasteiger partial charge in [-0.25, -0.2) is 9.37 Å². The number of benzene rings is 1. The topological polar surface area (TPSA) is 77.8 Å². The number of hydrogen-bond acceptors (Lipinski definition) is 5. The molecule has 3 rings (SSSR count). The molecule has 100 valence electrons. The normalized spacial score (nSPS) is 10.7. The summed E-state index contributed by atoms with van der Waals surface area (Å²) in [5.74, 6) is 0.617. The van der Waals surface area contributed by atoms with Crippen LogP contribution in [0.4, 0.5) is 10.2 Å². The minimum absolute atomic E-state index is 0.253. The van der Waals surface area contributed by atoms with E-state index in [4.69, 9.17) is 10.3 Å². The molecule has 1 aromatic carbocycles. The summed E-state index contributed by atoms with van der Waals surface area (Å²) >= 11 is 3.26. The summed E-state index contributed by atoms with van der Waals surface area (Å²) in [7, 11) is 0. The number of halogens is 2. The fraction of sp³-hybridized carbons (Fsp3) is 0. The van der Waals surface area contributed by atoms with Crippen LogP contribution in [0.3, 0.4) is 0 Å². The predicted octanol–water partition coefficient (Wildman–Crippen LogP) is 3.28. The van der Waals surface area contributed by atoms with Crippen LogP contribution in [-0.2, 0) is 0 Å². The maximum atomic E-state index is 13.1. The van der Waals surface area contributed by atoms with E-state index in [0.717, 1.165) is 0 Å². The monoisotopic (exact) mass is 334 g/mol. The molecule has 0 bridgehead atoms. The van der Waals surface area contributed by atoms with Crippen molar-refractivity contribution in [2.45, 2.75) is 0 Å². The Labute approximate surface area is 121 Å². The molecule has 0 aliphatic carbocycles. The van der Waals surface area contributed by atoms with E-state index in [9.17, 15) is 4.39 Å². The summed E-state index contributed by atoms with van der Waals surface area (Å²) in [6.07, 6.45) is 0. The van der Waals surface area contributed by atoms with E-state index in [1.807, 2.05) is 0 Å². The fourth-order valence-electron chi connectivity index (χ4n) is 1.68. The van der Waals surface area contributed by atoms with Crippen LogP contribution in [-0.4, -0.2) is 15.1 Å². The zero-order chi connectivity index (χ0) is 14.1. The van der Waals surface area contributed by atoms with Crippen LogP contribution in [0.2, 0.25) is 0 Å². The van der Waals surface area contributed by atoms with Gasteiger partial charge < -0.3 is 10.3 Å². The molecule has 0 unspecified atom stereocenters. The summed E-state index contributed by atoms with van der Waals surface area (Å²) in [6, 6.07) is 9.36. The third kappa shape index (κ3) is 2.39. The fourth-order valence-corrected chi connectivity index (χ4v) is 2.21. The van der Waals surface area contributed by atoms with Gasteiger partial charge in [0.2, 0.25) is 5.82 Å². The molecule has 2 heterocycles. The first-order chi connectivity index (χ1) is 9.63. The molecular formula is C13H8BrFN4O. The lowest BCUT2D eigenvalue weighted by Crippen LogP contribution is -1.91. The quantitative estimate of drug-likeness (QED) is 0.778. The first-order valence-corrected chi connectivity index (χ1v) is 6.45. The Hall–Kier alpha value is -2.28. The van der Waals surface area contributed by atoms with Gasteiger partial charge in [-0.3, -0.25) is 0 Å². The number of hydrogen-bond donors (Lipinski definition) is 1. The van der Waals surface area contributed by atoms with Gasteiger partial charge in [-0.15, -0.1) is 0 Å². The van der Waals surface area contributed by atoms with Crippen molar-refractivity contribution in [3.05, 3.63) is 46.7 Å². The molecule has 0 saturated heterocycles. The largest absolute Gasteiger partial charge is 0.384 e. The molecule has 0 radical (unpaired) electrons. The van der Waals surface area contributed by atoms with Crippen molar-refractivity contribution in [3.63, 3.8) is 0 Å². The van der Waals surface area contributed by atoms with Crippen LogP contribution in [0.15, 0.2) is 45.4 Å². The van der Waals surface area contributed by atoms with E-state index in [1.165, 1.54) is 12.1 Å². The lowest BCUT2D eigenvalue weighted by atomic mass is 10.2. The molecule has 2 aromatic heterocycles. The highest BCUT2D eigenvalue weighted by Crippen LogP contribution is 2.28. The molecule has 0 amide bonds. The zero-order valence-corrected chi connectivity index (χ0v) is 11.6. The van der Waals surface area contributed by atoms with Crippen LogP contribution >= 0.6 is 15.9 Å². The number of nitrogens with two attached hydrogens (primary N) is 1. The van der Waals surface area contributed by atoms with Crippen molar-refractivity contribution in [2.75, 3.05) is 5.73 Å². The molecule has 0 fully saturated rings. The van der Waals surface area contributed by atoms with Crippen LogP contribution in [0, 0.1) is 5.82 Å². The van der Waals surface area contributed by atoms with Gasteiger partial charge >= 0.3 is 0 Å². The van der Waals surface area contributed by atoms with E-state index >= 15 is 0 Å². The predicted molar refractivity (Wildman–Crippen MR) is 75.0 cm³/mol. The van der Waals surface area contributed by atoms with Gasteiger partial charge in [0, 0.05) is 10.0 Å². The first-order valence-electron chi connectivity index (χ1n) is 5.65. The third-order valence-corrected chi connectivity index (χ3v) is 3.24. The highest BCUT2D eigenvalue weighted by atomic mass is 79.9. The molecular weight excluding hydrogens is 327 g/mol. The summed E-state index contributed by atoms with van der Waals surface area (Å²) in [4.78, 5) is 8.33. The van der Waals surface area contributed by atoms with E-state index in [0.29, 0.717) is 27.4 Å². The standard InChI is InChI=1S/C13H8BrFN4O/c14-9-6-7(15)4-5-8(9)12-18-13(20-19-12)10-2-1-3-11(16)17-10/h1-6H,(H2,16,17). The first kappa shape index (κ1) is 12.7. The second-order valence-electron chi connectivity index (χ2n) is 3.99. The Morgan fingerprint density at radius 3 is 2.75 bits per heavy atom. The highest BCUT2D eigenvalue weighted by molar-refractivity contribution is 9.10. The maximum Gasteiger partial charge on any atom is 0.276 e. The number of anilines is 1. The van der Waals surface area contributed by atoms with E-state index in [2.05, 4.69) is 31.1 Å². The molecule has 3 aromatic rings. The van der Waals surface area contributed by atoms with Crippen molar-refractivity contribution in [3.8, 4) is 23.0 Å². The summed E-state index contributed by atoms with van der Waals surface area (Å²) in [5, 5.41) is 3.86. The van der Waals surface area contributed by atoms with Crippen LogP contribution in [0.1, 0.15) is 0 Å². The lowest BCUT2D eigenvalue weighted by molar-refractivity contribution is 0.431. The number of nitrogen functional groups attached to an aromatic ring is 1. The van der Waals surface area contributed by atoms with Crippen molar-refractivity contribution in [1.82, 2.24) is 15.1 Å². The summed E-state index contributed by atoms with van der Waals surface area (Å²) in [6.45, 7) is 0. The second-order valence-corrected chi connectivity index (χ2v) is 4.85. The van der Waals surface area contributed by atoms with Gasteiger partial charge in [0.05, 0.1) is 0 Å². The summed E-state index contributed by atoms with van der Waals surface area (Å²) < 4.78 is 18.8. The van der Waals surface area contributed by atoms with Crippen molar-refractivity contribution in [2.24, 2.45) is 0 Å². The Balaban J connectivity index is 2.02. The molecule has 0 aliphatic rings. The lowest BCUT2D eigenvalue weighted by Gasteiger charge is -1.98. The second kappa shape index (κ2) is 5.01. The van der Waals surface area contributed by atoms with Gasteiger partial charge in [-0.2, -0.15) is 4.98 Å². The molecule has 0 saturated carbocycles. The Bertz CT molecular complexity index is 775. The third-order valence-electron chi connectivity index (χ3n) is 2.59. The van der Waals surface area contributed by atoms with E-state index in [1.54, 1.807) is 24.3 Å². The van der Waals surface area contributed by atoms with E-state index in [-0.39, 0.29) is 11.7 Å². The summed E-state index contributed by atoms with van der Waals surface area (Å²) in [5.41, 5.74) is 6.72. The Kier molecular flexibility index (Phi) is 3.19. The molecule has 7 heteroatoms. The minimum Gasteiger partial charge on any atom is -0.384 e. The van der Waals surface area contributed by atoms with Gasteiger partial charge in [-0.1, -0.05) is 11.2 Å². The smallest absolute Gasteiger partial charge is 0.276 e.